The molecule has 12 aromatic rings. The van der Waals surface area contributed by atoms with E-state index in [-0.39, 0.29) is 35.8 Å². The molecule has 696 valence electrons. The van der Waals surface area contributed by atoms with E-state index in [9.17, 15) is 28.8 Å². The number of nitrogens with one attached hydrogen (secondary N) is 2. The highest BCUT2D eigenvalue weighted by molar-refractivity contribution is 7.24. The number of hydrogen-bond donors (Lipinski definition) is 2. The molecule has 20 nitrogen and oxygen atoms in total. The summed E-state index contributed by atoms with van der Waals surface area (Å²) < 4.78 is 15.8. The van der Waals surface area contributed by atoms with Crippen LogP contribution in [-0.2, 0) is 86.7 Å². The van der Waals surface area contributed by atoms with Crippen LogP contribution in [0.5, 0.6) is 0 Å². The molecule has 0 spiro atoms. The second kappa shape index (κ2) is 45.4. The van der Waals surface area contributed by atoms with Crippen LogP contribution >= 0.6 is 90.7 Å². The Hall–Kier alpha value is -7.90. The van der Waals surface area contributed by atoms with Gasteiger partial charge in [0.25, 0.3) is 0 Å². The SMILES string of the molecule is CC[C@H](C)CCCC(=O)Cc1sc2c(c1-c1nc3cnccc3s1)CCN(C(=O)OC(C)(C)C)[C@H]2C.CC[C@H](C)CCCC(=O)Cc1sc2c(c1-c1nc3cnccc3s1)CCN[C@H]2C.CC[C@H](C)CCCC(=O)Cc1sc2c(c1-c1nc3cnccc3s1)C[C@H](C)N(C(=O)OC(C)(C)C)C2.CC[C@H](C)CCCC(=O)Cc1sc2c(c1-c1nc3cnccc3s1)[C@H](C)CNC2. The molecule has 0 saturated carbocycles. The van der Waals surface area contributed by atoms with Crippen LogP contribution in [0.4, 0.5) is 9.59 Å². The third-order valence-corrected chi connectivity index (χ3v) is 34.9. The molecule has 0 saturated heterocycles. The summed E-state index contributed by atoms with van der Waals surface area (Å²) in [4.78, 5) is 127. The number of thiophene rings is 4. The lowest BCUT2D eigenvalue weighted by Gasteiger charge is -2.35. The number of nitrogens with zero attached hydrogens (tertiary/aromatic N) is 10. The molecular formula is C102H132N12O8S8. The van der Waals surface area contributed by atoms with Crippen LogP contribution in [0.3, 0.4) is 0 Å². The monoisotopic (exact) mass is 1910 g/mol. The molecule has 16 heterocycles. The van der Waals surface area contributed by atoms with Crippen molar-refractivity contribution in [1.82, 2.24) is 60.3 Å². The Labute approximate surface area is 800 Å². The summed E-state index contributed by atoms with van der Waals surface area (Å²) in [5, 5.41) is 11.0. The van der Waals surface area contributed by atoms with E-state index in [2.05, 4.69) is 114 Å². The molecule has 2 N–H and O–H groups in total. The summed E-state index contributed by atoms with van der Waals surface area (Å²) in [6.07, 6.45) is 33.8. The number of hydrogen-bond acceptors (Lipinski definition) is 26. The maximum absolute atomic E-state index is 13.1. The van der Waals surface area contributed by atoms with Crippen molar-refractivity contribution in [1.29, 1.82) is 0 Å². The Bertz CT molecular complexity index is 5720. The van der Waals surface area contributed by atoms with E-state index in [1.165, 1.54) is 65.7 Å². The van der Waals surface area contributed by atoms with Crippen LogP contribution in [0, 0.1) is 23.7 Å². The van der Waals surface area contributed by atoms with Crippen molar-refractivity contribution in [2.75, 3.05) is 19.6 Å². The number of aromatic nitrogens is 8. The van der Waals surface area contributed by atoms with Gasteiger partial charge in [-0.15, -0.1) is 90.7 Å². The van der Waals surface area contributed by atoms with Gasteiger partial charge in [0.05, 0.1) is 56.2 Å². The zero-order valence-electron chi connectivity index (χ0n) is 79.4. The van der Waals surface area contributed by atoms with E-state index in [1.54, 1.807) is 92.8 Å². The third-order valence-electron chi connectivity index (χ3n) is 25.4. The van der Waals surface area contributed by atoms with Crippen molar-refractivity contribution in [3.63, 3.8) is 0 Å². The highest BCUT2D eigenvalue weighted by Gasteiger charge is 2.39. The minimum atomic E-state index is -0.542. The van der Waals surface area contributed by atoms with E-state index in [4.69, 9.17) is 29.4 Å². The van der Waals surface area contributed by atoms with Gasteiger partial charge in [-0.3, -0.25) is 39.1 Å². The summed E-state index contributed by atoms with van der Waals surface area (Å²) in [6, 6.07) is 8.25. The summed E-state index contributed by atoms with van der Waals surface area (Å²) in [6.45, 7) is 41.8. The first-order chi connectivity index (χ1) is 62.2. The lowest BCUT2D eigenvalue weighted by molar-refractivity contribution is -0.119. The summed E-state index contributed by atoms with van der Waals surface area (Å²) in [7, 11) is 0. The van der Waals surface area contributed by atoms with E-state index in [0.29, 0.717) is 112 Å². The first kappa shape index (κ1) is 99.6. The molecule has 28 heteroatoms. The number of ketones is 4. The maximum atomic E-state index is 13.1. The fourth-order valence-electron chi connectivity index (χ4n) is 17.3. The third kappa shape index (κ3) is 25.4. The minimum absolute atomic E-state index is 0.00386. The zero-order chi connectivity index (χ0) is 92.8. The topological polar surface area (TPSA) is 255 Å². The van der Waals surface area contributed by atoms with Gasteiger partial charge >= 0.3 is 12.2 Å². The van der Waals surface area contributed by atoms with Crippen LogP contribution < -0.4 is 10.6 Å². The number of rotatable bonds is 32. The Morgan fingerprint density at radius 3 is 1.22 bits per heavy atom. The Morgan fingerprint density at radius 2 is 0.815 bits per heavy atom. The molecule has 0 unspecified atom stereocenters. The van der Waals surface area contributed by atoms with Gasteiger partial charge in [-0.25, -0.2) is 29.5 Å². The normalized spacial score (nSPS) is 17.0. The van der Waals surface area contributed by atoms with Gasteiger partial charge < -0.3 is 29.9 Å². The van der Waals surface area contributed by atoms with Gasteiger partial charge in [-0.05, 0) is 190 Å². The van der Waals surface area contributed by atoms with E-state index in [0.717, 1.165) is 195 Å². The van der Waals surface area contributed by atoms with Gasteiger partial charge in [-0.1, -0.05) is 114 Å². The quantitative estimate of drug-likeness (QED) is 0.0397. The number of amides is 2. The Balaban J connectivity index is 0.000000148. The van der Waals surface area contributed by atoms with Crippen molar-refractivity contribution in [3.05, 3.63) is 135 Å². The average Bonchev–Trinajstić information content (AvgIpc) is 1.61. The Morgan fingerprint density at radius 1 is 0.454 bits per heavy atom. The first-order valence-electron chi connectivity index (χ1n) is 47.2. The number of fused-ring (bicyclic) bond motifs is 8. The van der Waals surface area contributed by atoms with Crippen LogP contribution in [0.25, 0.3) is 83.2 Å². The van der Waals surface area contributed by atoms with Gasteiger partial charge in [-0.2, -0.15) is 0 Å². The second-order valence-electron chi connectivity index (χ2n) is 38.2. The van der Waals surface area contributed by atoms with Gasteiger partial charge in [0.2, 0.25) is 0 Å². The molecule has 0 fully saturated rings. The molecule has 2 amide bonds. The lowest BCUT2D eigenvalue weighted by Crippen LogP contribution is -2.44. The number of pyridine rings is 4. The fourth-order valence-corrected chi connectivity index (χ4v) is 27.3. The van der Waals surface area contributed by atoms with Crippen LogP contribution in [0.1, 0.15) is 307 Å². The van der Waals surface area contributed by atoms with Gasteiger partial charge in [0.1, 0.15) is 76.4 Å². The fraction of sp³-hybridized carbons (Fsp3) is 0.549. The highest BCUT2D eigenvalue weighted by Crippen LogP contribution is 2.51. The number of carbonyl (C=O) groups is 6. The van der Waals surface area contributed by atoms with E-state index >= 15 is 0 Å². The minimum Gasteiger partial charge on any atom is -0.444 e. The van der Waals surface area contributed by atoms with Crippen LogP contribution in [0.2, 0.25) is 0 Å². The molecular weight excluding hydrogens is 1780 g/mol. The Kier molecular flexibility index (Phi) is 34.8. The molecule has 4 aliphatic rings. The maximum Gasteiger partial charge on any atom is 0.410 e. The predicted octanol–water partition coefficient (Wildman–Crippen LogP) is 26.9. The molecule has 12 aromatic heterocycles. The number of Topliss-reactive ketones (excluding diaryl/α,β-unsaturated/α-hetero) is 4. The predicted molar refractivity (Wildman–Crippen MR) is 541 cm³/mol. The zero-order valence-corrected chi connectivity index (χ0v) is 85.9. The average molecular weight is 1910 g/mol. The second-order valence-corrected chi connectivity index (χ2v) is 47.0. The smallest absolute Gasteiger partial charge is 0.410 e. The number of carbonyl (C=O) groups excluding carboxylic acids is 6. The molecule has 0 aliphatic carbocycles. The summed E-state index contributed by atoms with van der Waals surface area (Å²) in [5.74, 6) is 4.41. The number of thiazole rings is 4. The van der Waals surface area contributed by atoms with Crippen molar-refractivity contribution in [2.24, 2.45) is 23.7 Å². The standard InChI is InChI=1S/2C28H37N3O3S2.2C23H29N3OS2/c1-7-17(2)9-8-10-19(32)15-23-24(26-30-21-16-29-13-11-22(21)36-26)20-12-14-31(18(3)25(20)35-23)27(33)34-28(4,5)6;1-7-17(2)9-8-10-19(32)14-23-25(26-30-21-15-29-12-11-22(21)36-26)20-13-18(3)31(16-24(20)35-23)27(33)34-28(4,5)6;1-4-14(2)6-5-7-16(27)12-20-21(17-8-11-25-15(3)22(17)28-20)23-26-18-13-24-10-9-19(18)29-23;1-4-14(2)6-5-7-16(27)10-19-22(21-15(3)11-25-13-20(21)28-19)23-26-17-12-24-9-8-18(17)29-23/h11,13,16-18H,7-10,12,14-15H2,1-6H3;11-12,15,17-18H,7-10,13-14,16H2,1-6H3;9-10,13-15,25H,4-8,11-12H2,1-3H3;8-9,12,14-15,25H,4-7,10-11,13H2,1-3H3/t2*17-,18-;14-,15-;14-,15+/m0000/s1. The van der Waals surface area contributed by atoms with Gasteiger partial charge in [0, 0.05) is 169 Å². The van der Waals surface area contributed by atoms with Crippen LogP contribution in [0.15, 0.2) is 73.8 Å². The first-order valence-corrected chi connectivity index (χ1v) is 53.7. The largest absolute Gasteiger partial charge is 0.444 e. The van der Waals surface area contributed by atoms with Crippen molar-refractivity contribution >= 4 is 167 Å². The molecule has 0 aromatic carbocycles. The van der Waals surface area contributed by atoms with Crippen molar-refractivity contribution < 1.29 is 38.2 Å². The van der Waals surface area contributed by atoms with Gasteiger partial charge in [0.15, 0.2) is 0 Å². The van der Waals surface area contributed by atoms with E-state index < -0.39 is 11.2 Å². The number of ether oxygens (including phenoxy) is 2. The van der Waals surface area contributed by atoms with E-state index in [1.807, 2.05) is 123 Å². The summed E-state index contributed by atoms with van der Waals surface area (Å²) >= 11 is 13.7. The summed E-state index contributed by atoms with van der Waals surface area (Å²) in [5.41, 5.74) is 12.5. The molecule has 0 bridgehead atoms. The molecule has 8 atom stereocenters. The van der Waals surface area contributed by atoms with Crippen molar-refractivity contribution in [2.45, 2.75) is 321 Å². The molecule has 0 radical (unpaired) electrons. The molecule has 130 heavy (non-hydrogen) atoms. The molecule has 16 rings (SSSR count). The van der Waals surface area contributed by atoms with Crippen LogP contribution in [-0.4, -0.2) is 122 Å². The van der Waals surface area contributed by atoms with Crippen molar-refractivity contribution in [3.8, 4) is 42.3 Å². The highest BCUT2D eigenvalue weighted by atomic mass is 32.1. The lowest BCUT2D eigenvalue weighted by atomic mass is 9.92. The molecule has 4 aliphatic heterocycles.